The summed E-state index contributed by atoms with van der Waals surface area (Å²) in [5.41, 5.74) is 2.67. The molecule has 0 aliphatic carbocycles. The van der Waals surface area contributed by atoms with Crippen LogP contribution < -0.4 is 0 Å². The fraction of sp³-hybridized carbons (Fsp3) is 0. The van der Waals surface area contributed by atoms with Crippen molar-refractivity contribution in [1.82, 2.24) is 0 Å². The topological polar surface area (TPSA) is 0 Å². The van der Waals surface area contributed by atoms with Gasteiger partial charge in [-0.1, -0.05) is 78.9 Å². The van der Waals surface area contributed by atoms with Gasteiger partial charge >= 0.3 is 0 Å². The van der Waals surface area contributed by atoms with E-state index < -0.39 is 34.6 Å². The van der Waals surface area contributed by atoms with Crippen LogP contribution in [-0.4, -0.2) is 0 Å². The number of benzene rings is 4. The first-order valence-corrected chi connectivity index (χ1v) is 8.75. The quantitative estimate of drug-likeness (QED) is 0.192. The normalized spacial score (nSPS) is 10.9. The fourth-order valence-electron chi connectivity index (χ4n) is 3.17. The molecular formula is C24H13F5. The molecule has 4 rings (SSSR count). The van der Waals surface area contributed by atoms with Crippen LogP contribution in [0.3, 0.4) is 0 Å². The van der Waals surface area contributed by atoms with Crippen LogP contribution in [0.2, 0.25) is 0 Å². The second-order valence-corrected chi connectivity index (χ2v) is 6.47. The monoisotopic (exact) mass is 396 g/mol. The Morgan fingerprint density at radius 2 is 0.621 bits per heavy atom. The highest BCUT2D eigenvalue weighted by molar-refractivity contribution is 5.73. The van der Waals surface area contributed by atoms with Gasteiger partial charge in [-0.2, -0.15) is 0 Å². The predicted octanol–water partition coefficient (Wildman–Crippen LogP) is 7.38. The van der Waals surface area contributed by atoms with Crippen LogP contribution in [0.1, 0.15) is 0 Å². The molecule has 0 saturated carbocycles. The molecule has 4 aromatic rings. The summed E-state index contributed by atoms with van der Waals surface area (Å²) in [6, 6.07) is 23.3. The standard InChI is InChI=1S/C24H13F5/c25-20-19(21(26)23(28)24(29)22(20)27)18-12-10-17(11-13-18)16-8-6-15(7-9-16)14-4-2-1-3-5-14/h1-13H. The molecule has 0 heterocycles. The summed E-state index contributed by atoms with van der Waals surface area (Å²) in [4.78, 5) is 0. The third kappa shape index (κ3) is 3.40. The maximum Gasteiger partial charge on any atom is 0.200 e. The zero-order valence-corrected chi connectivity index (χ0v) is 14.9. The van der Waals surface area contributed by atoms with E-state index in [9.17, 15) is 22.0 Å². The van der Waals surface area contributed by atoms with E-state index in [0.717, 1.165) is 22.3 Å². The van der Waals surface area contributed by atoms with Crippen molar-refractivity contribution < 1.29 is 22.0 Å². The first-order valence-electron chi connectivity index (χ1n) is 8.75. The van der Waals surface area contributed by atoms with Crippen LogP contribution in [0.4, 0.5) is 22.0 Å². The maximum atomic E-state index is 14.0. The minimum absolute atomic E-state index is 0.0949. The Hall–Kier alpha value is -3.47. The van der Waals surface area contributed by atoms with Crippen LogP contribution in [0, 0.1) is 29.1 Å². The molecular weight excluding hydrogens is 383 g/mol. The Morgan fingerprint density at radius 3 is 1.03 bits per heavy atom. The zero-order chi connectivity index (χ0) is 20.5. The third-order valence-electron chi connectivity index (χ3n) is 4.71. The number of halogens is 5. The van der Waals surface area contributed by atoms with Crippen molar-refractivity contribution in [2.24, 2.45) is 0 Å². The van der Waals surface area contributed by atoms with E-state index in [4.69, 9.17) is 0 Å². The molecule has 0 radical (unpaired) electrons. The molecule has 4 aromatic carbocycles. The Labute approximate surface area is 163 Å². The average molecular weight is 396 g/mol. The number of hydrogen-bond donors (Lipinski definition) is 0. The van der Waals surface area contributed by atoms with Crippen molar-refractivity contribution in [2.75, 3.05) is 0 Å². The molecule has 5 heteroatoms. The molecule has 0 aliphatic heterocycles. The lowest BCUT2D eigenvalue weighted by Crippen LogP contribution is -2.03. The second kappa shape index (κ2) is 7.51. The average Bonchev–Trinajstić information content (AvgIpc) is 2.78. The van der Waals surface area contributed by atoms with E-state index in [0.29, 0.717) is 0 Å². The first-order chi connectivity index (χ1) is 14.0. The van der Waals surface area contributed by atoms with E-state index >= 15 is 0 Å². The molecule has 29 heavy (non-hydrogen) atoms. The van der Waals surface area contributed by atoms with E-state index in [2.05, 4.69) is 0 Å². The minimum Gasteiger partial charge on any atom is -0.203 e. The van der Waals surface area contributed by atoms with Gasteiger partial charge in [0.15, 0.2) is 23.3 Å². The molecule has 0 bridgehead atoms. The first kappa shape index (κ1) is 18.9. The van der Waals surface area contributed by atoms with Crippen molar-refractivity contribution in [2.45, 2.75) is 0 Å². The SMILES string of the molecule is Fc1c(F)c(F)c(-c2ccc(-c3ccc(-c4ccccc4)cc3)cc2)c(F)c1F. The molecule has 144 valence electrons. The molecule has 0 aromatic heterocycles. The Morgan fingerprint density at radius 1 is 0.310 bits per heavy atom. The van der Waals surface area contributed by atoms with Gasteiger partial charge < -0.3 is 0 Å². The molecule has 0 nitrogen and oxygen atoms in total. The molecule has 0 fully saturated rings. The van der Waals surface area contributed by atoms with Gasteiger partial charge in [-0.3, -0.25) is 0 Å². The molecule has 0 spiro atoms. The minimum atomic E-state index is -2.17. The lowest BCUT2D eigenvalue weighted by Gasteiger charge is -2.10. The fourth-order valence-corrected chi connectivity index (χ4v) is 3.17. The summed E-state index contributed by atoms with van der Waals surface area (Å²) in [5.74, 6) is -9.78. The van der Waals surface area contributed by atoms with Crippen LogP contribution in [0.15, 0.2) is 78.9 Å². The summed E-state index contributed by atoms with van der Waals surface area (Å²) in [6.45, 7) is 0. The van der Waals surface area contributed by atoms with Gasteiger partial charge in [0.2, 0.25) is 5.82 Å². The molecule has 0 atom stereocenters. The summed E-state index contributed by atoms with van der Waals surface area (Å²) in [6.07, 6.45) is 0. The van der Waals surface area contributed by atoms with Gasteiger partial charge in [0.05, 0.1) is 5.56 Å². The van der Waals surface area contributed by atoms with Crippen molar-refractivity contribution in [3.63, 3.8) is 0 Å². The van der Waals surface area contributed by atoms with Crippen molar-refractivity contribution in [3.05, 3.63) is 108 Å². The molecule has 0 aliphatic rings. The highest BCUT2D eigenvalue weighted by Gasteiger charge is 2.26. The van der Waals surface area contributed by atoms with Crippen LogP contribution in [0.5, 0.6) is 0 Å². The van der Waals surface area contributed by atoms with E-state index in [1.54, 1.807) is 12.1 Å². The van der Waals surface area contributed by atoms with Gasteiger partial charge in [0.25, 0.3) is 0 Å². The molecule has 0 amide bonds. The van der Waals surface area contributed by atoms with Crippen LogP contribution in [0.25, 0.3) is 33.4 Å². The van der Waals surface area contributed by atoms with Crippen LogP contribution in [-0.2, 0) is 0 Å². The Kier molecular flexibility index (Phi) is 4.89. The van der Waals surface area contributed by atoms with E-state index in [1.165, 1.54) is 12.1 Å². The van der Waals surface area contributed by atoms with Gasteiger partial charge in [-0.05, 0) is 27.8 Å². The third-order valence-corrected chi connectivity index (χ3v) is 4.71. The second-order valence-electron chi connectivity index (χ2n) is 6.47. The summed E-state index contributed by atoms with van der Waals surface area (Å²) < 4.78 is 68.1. The van der Waals surface area contributed by atoms with Crippen molar-refractivity contribution >= 4 is 0 Å². The van der Waals surface area contributed by atoms with Gasteiger partial charge in [-0.25, -0.2) is 22.0 Å². The Balaban J connectivity index is 1.67. The lowest BCUT2D eigenvalue weighted by molar-refractivity contribution is 0.381. The van der Waals surface area contributed by atoms with Crippen LogP contribution >= 0.6 is 0 Å². The van der Waals surface area contributed by atoms with Gasteiger partial charge in [0, 0.05) is 0 Å². The highest BCUT2D eigenvalue weighted by Crippen LogP contribution is 2.33. The molecule has 0 N–H and O–H groups in total. The van der Waals surface area contributed by atoms with E-state index in [1.807, 2.05) is 54.6 Å². The van der Waals surface area contributed by atoms with Gasteiger partial charge in [-0.15, -0.1) is 0 Å². The summed E-state index contributed by atoms with van der Waals surface area (Å²) >= 11 is 0. The predicted molar refractivity (Wildman–Crippen MR) is 103 cm³/mol. The number of hydrogen-bond acceptors (Lipinski definition) is 0. The largest absolute Gasteiger partial charge is 0.203 e. The highest BCUT2D eigenvalue weighted by atomic mass is 19.2. The zero-order valence-electron chi connectivity index (χ0n) is 14.9. The maximum absolute atomic E-state index is 14.0. The smallest absolute Gasteiger partial charge is 0.200 e. The Bertz CT molecular complexity index is 1140. The molecule has 0 unspecified atom stereocenters. The van der Waals surface area contributed by atoms with Gasteiger partial charge in [0.1, 0.15) is 0 Å². The van der Waals surface area contributed by atoms with Crippen molar-refractivity contribution in [3.8, 4) is 33.4 Å². The van der Waals surface area contributed by atoms with Crippen molar-refractivity contribution in [1.29, 1.82) is 0 Å². The number of rotatable bonds is 3. The summed E-state index contributed by atoms with van der Waals surface area (Å²) in [7, 11) is 0. The summed E-state index contributed by atoms with van der Waals surface area (Å²) in [5, 5.41) is 0. The van der Waals surface area contributed by atoms with E-state index in [-0.39, 0.29) is 5.56 Å². The molecule has 0 saturated heterocycles. The lowest BCUT2D eigenvalue weighted by atomic mass is 9.97.